The first-order valence-electron chi connectivity index (χ1n) is 7.18. The maximum Gasteiger partial charge on any atom is 0.248 e. The Hall–Kier alpha value is -3.15. The number of anilines is 2. The number of benzene rings is 1. The van der Waals surface area contributed by atoms with Crippen molar-refractivity contribution in [2.24, 2.45) is 0 Å². The van der Waals surface area contributed by atoms with E-state index in [1.54, 1.807) is 6.08 Å². The number of para-hydroxylation sites is 1. The van der Waals surface area contributed by atoms with Crippen LogP contribution in [0.4, 0.5) is 11.5 Å². The normalized spacial score (nSPS) is 10.5. The predicted molar refractivity (Wildman–Crippen MR) is 91.7 cm³/mol. The molecule has 0 fully saturated rings. The first-order chi connectivity index (χ1) is 11.2. The minimum absolute atomic E-state index is 0.294. The minimum atomic E-state index is 0.294. The molecule has 0 atom stereocenters. The molecule has 0 radical (unpaired) electrons. The Morgan fingerprint density at radius 2 is 2.13 bits per heavy atom. The number of pyridine rings is 1. The summed E-state index contributed by atoms with van der Waals surface area (Å²) in [5.41, 5.74) is 8.11. The lowest BCUT2D eigenvalue weighted by Gasteiger charge is -2.12. The van der Waals surface area contributed by atoms with E-state index in [-0.39, 0.29) is 0 Å². The second-order valence-corrected chi connectivity index (χ2v) is 4.99. The predicted octanol–water partition coefficient (Wildman–Crippen LogP) is 3.31. The molecule has 0 amide bonds. The molecule has 3 rings (SSSR count). The third kappa shape index (κ3) is 3.06. The van der Waals surface area contributed by atoms with E-state index in [0.717, 1.165) is 16.6 Å². The average molecular weight is 307 g/mol. The van der Waals surface area contributed by atoms with Crippen LogP contribution in [0.1, 0.15) is 5.69 Å². The van der Waals surface area contributed by atoms with Crippen molar-refractivity contribution in [1.29, 1.82) is 0 Å². The topological polar surface area (TPSA) is 86.0 Å². The maximum absolute atomic E-state index is 6.08. The van der Waals surface area contributed by atoms with Crippen LogP contribution < -0.4 is 15.8 Å². The van der Waals surface area contributed by atoms with Crippen LogP contribution in [0.5, 0.6) is 11.6 Å². The molecule has 1 aromatic carbocycles. The lowest BCUT2D eigenvalue weighted by Crippen LogP contribution is -2.06. The molecule has 2 heterocycles. The zero-order valence-electron chi connectivity index (χ0n) is 12.8. The molecule has 116 valence electrons. The van der Waals surface area contributed by atoms with Gasteiger partial charge in [-0.15, -0.1) is 6.58 Å². The Kier molecular flexibility index (Phi) is 4.05. The first-order valence-corrected chi connectivity index (χ1v) is 7.18. The fourth-order valence-corrected chi connectivity index (χ4v) is 2.17. The highest BCUT2D eigenvalue weighted by Crippen LogP contribution is 2.32. The summed E-state index contributed by atoms with van der Waals surface area (Å²) >= 11 is 0. The Balaban J connectivity index is 1.99. The van der Waals surface area contributed by atoms with Crippen LogP contribution in [-0.4, -0.2) is 21.5 Å². The van der Waals surface area contributed by atoms with Crippen LogP contribution in [0.25, 0.3) is 10.9 Å². The number of fused-ring (bicyclic) bond motifs is 1. The molecule has 6 nitrogen and oxygen atoms in total. The summed E-state index contributed by atoms with van der Waals surface area (Å²) in [6.07, 6.45) is 3.13. The largest absolute Gasteiger partial charge is 0.435 e. The van der Waals surface area contributed by atoms with Crippen LogP contribution in [0.3, 0.4) is 0 Å². The van der Waals surface area contributed by atoms with Gasteiger partial charge < -0.3 is 15.8 Å². The van der Waals surface area contributed by atoms with E-state index >= 15 is 0 Å². The molecule has 23 heavy (non-hydrogen) atoms. The summed E-state index contributed by atoms with van der Waals surface area (Å²) in [4.78, 5) is 12.8. The number of nitrogen functional groups attached to an aromatic ring is 1. The number of ether oxygens (including phenoxy) is 1. The number of nitrogens with one attached hydrogen (secondary N) is 1. The molecule has 2 aromatic heterocycles. The van der Waals surface area contributed by atoms with Gasteiger partial charge in [-0.05, 0) is 19.1 Å². The van der Waals surface area contributed by atoms with Gasteiger partial charge in [-0.1, -0.05) is 24.3 Å². The molecule has 0 saturated heterocycles. The number of hydrogen-bond donors (Lipinski definition) is 2. The van der Waals surface area contributed by atoms with Crippen molar-refractivity contribution >= 4 is 22.4 Å². The lowest BCUT2D eigenvalue weighted by molar-refractivity contribution is 0.468. The molecule has 0 bridgehead atoms. The zero-order valence-corrected chi connectivity index (χ0v) is 12.8. The van der Waals surface area contributed by atoms with Crippen molar-refractivity contribution in [3.8, 4) is 11.6 Å². The van der Waals surface area contributed by atoms with Gasteiger partial charge in [0.2, 0.25) is 5.88 Å². The van der Waals surface area contributed by atoms with E-state index in [2.05, 4.69) is 26.8 Å². The first kappa shape index (κ1) is 14.8. The second kappa shape index (κ2) is 6.31. The van der Waals surface area contributed by atoms with E-state index in [1.807, 2.05) is 37.3 Å². The Morgan fingerprint density at radius 3 is 2.96 bits per heavy atom. The summed E-state index contributed by atoms with van der Waals surface area (Å²) in [6.45, 7) is 6.14. The highest BCUT2D eigenvalue weighted by molar-refractivity contribution is 5.85. The second-order valence-electron chi connectivity index (χ2n) is 4.99. The SMILES string of the molecule is C=CCNc1ncnc(Oc2cccc3ccc(C)nc23)c1N. The molecular weight excluding hydrogens is 290 g/mol. The van der Waals surface area contributed by atoms with Crippen molar-refractivity contribution in [2.45, 2.75) is 6.92 Å². The van der Waals surface area contributed by atoms with Gasteiger partial charge in [-0.2, -0.15) is 4.98 Å². The fraction of sp³-hybridized carbons (Fsp3) is 0.118. The smallest absolute Gasteiger partial charge is 0.248 e. The molecule has 0 saturated carbocycles. The van der Waals surface area contributed by atoms with Crippen LogP contribution in [0.15, 0.2) is 49.3 Å². The molecule has 0 aliphatic rings. The van der Waals surface area contributed by atoms with E-state index in [0.29, 0.717) is 29.7 Å². The number of aromatic nitrogens is 3. The van der Waals surface area contributed by atoms with Crippen LogP contribution in [0.2, 0.25) is 0 Å². The van der Waals surface area contributed by atoms with Crippen LogP contribution in [-0.2, 0) is 0 Å². The molecular formula is C17H17N5O. The van der Waals surface area contributed by atoms with Gasteiger partial charge in [0.15, 0.2) is 11.6 Å². The lowest BCUT2D eigenvalue weighted by atomic mass is 10.2. The van der Waals surface area contributed by atoms with Gasteiger partial charge in [0, 0.05) is 17.6 Å². The highest BCUT2D eigenvalue weighted by atomic mass is 16.5. The van der Waals surface area contributed by atoms with E-state index in [1.165, 1.54) is 6.33 Å². The molecule has 0 aliphatic heterocycles. The van der Waals surface area contributed by atoms with Crippen LogP contribution in [0, 0.1) is 6.92 Å². The van der Waals surface area contributed by atoms with Crippen molar-refractivity contribution in [2.75, 3.05) is 17.6 Å². The van der Waals surface area contributed by atoms with E-state index < -0.39 is 0 Å². The highest BCUT2D eigenvalue weighted by Gasteiger charge is 2.12. The van der Waals surface area contributed by atoms with Gasteiger partial charge in [-0.25, -0.2) is 9.97 Å². The third-order valence-corrected chi connectivity index (χ3v) is 3.29. The molecule has 0 unspecified atom stereocenters. The summed E-state index contributed by atoms with van der Waals surface area (Å²) in [6, 6.07) is 9.69. The van der Waals surface area contributed by atoms with Crippen molar-refractivity contribution in [3.63, 3.8) is 0 Å². The van der Waals surface area contributed by atoms with E-state index in [9.17, 15) is 0 Å². The van der Waals surface area contributed by atoms with Gasteiger partial charge in [0.25, 0.3) is 0 Å². The van der Waals surface area contributed by atoms with Gasteiger partial charge >= 0.3 is 0 Å². The Labute approximate surface area is 134 Å². The van der Waals surface area contributed by atoms with E-state index in [4.69, 9.17) is 10.5 Å². The fourth-order valence-electron chi connectivity index (χ4n) is 2.17. The standard InChI is InChI=1S/C17H17N5O/c1-3-9-19-16-14(18)17(21-10-20-16)23-13-6-4-5-12-8-7-11(2)22-15(12)13/h3-8,10H,1,9,18H2,2H3,(H,19,20,21). The van der Waals surface area contributed by atoms with Crippen molar-refractivity contribution in [3.05, 3.63) is 55.0 Å². The minimum Gasteiger partial charge on any atom is -0.435 e. The quantitative estimate of drug-likeness (QED) is 0.703. The van der Waals surface area contributed by atoms with Gasteiger partial charge in [0.05, 0.1) is 0 Å². The Morgan fingerprint density at radius 1 is 1.26 bits per heavy atom. The van der Waals surface area contributed by atoms with Crippen LogP contribution >= 0.6 is 0 Å². The molecule has 6 heteroatoms. The number of nitrogens with zero attached hydrogens (tertiary/aromatic N) is 3. The molecule has 3 aromatic rings. The monoisotopic (exact) mass is 307 g/mol. The summed E-state index contributed by atoms with van der Waals surface area (Å²) in [5.74, 6) is 1.41. The molecule has 0 aliphatic carbocycles. The summed E-state index contributed by atoms with van der Waals surface area (Å²) in [5, 5.41) is 4.04. The number of nitrogens with two attached hydrogens (primary N) is 1. The number of hydrogen-bond acceptors (Lipinski definition) is 6. The summed E-state index contributed by atoms with van der Waals surface area (Å²) < 4.78 is 5.89. The van der Waals surface area contributed by atoms with Crippen molar-refractivity contribution < 1.29 is 4.74 Å². The number of aryl methyl sites for hydroxylation is 1. The summed E-state index contributed by atoms with van der Waals surface area (Å²) in [7, 11) is 0. The number of rotatable bonds is 5. The maximum atomic E-state index is 6.08. The molecule has 3 N–H and O–H groups in total. The van der Waals surface area contributed by atoms with Crippen molar-refractivity contribution in [1.82, 2.24) is 15.0 Å². The average Bonchev–Trinajstić information content (AvgIpc) is 2.56. The zero-order chi connectivity index (χ0) is 16.2. The third-order valence-electron chi connectivity index (χ3n) is 3.29. The Bertz CT molecular complexity index is 863. The van der Waals surface area contributed by atoms with Gasteiger partial charge in [-0.3, -0.25) is 0 Å². The molecule has 0 spiro atoms. The van der Waals surface area contributed by atoms with Gasteiger partial charge in [0.1, 0.15) is 17.5 Å².